The SMILES string of the molecule is O=C(N=Nc1ccc(NOC(=O)c2ccc(Cl)cc2)cc1)c1cccc(O)c1. The van der Waals surface area contributed by atoms with Gasteiger partial charge in [0.2, 0.25) is 0 Å². The van der Waals surface area contributed by atoms with Gasteiger partial charge >= 0.3 is 5.97 Å². The summed E-state index contributed by atoms with van der Waals surface area (Å²) in [6.07, 6.45) is 0. The van der Waals surface area contributed by atoms with Crippen molar-refractivity contribution in [1.82, 2.24) is 0 Å². The molecule has 0 radical (unpaired) electrons. The van der Waals surface area contributed by atoms with Crippen molar-refractivity contribution in [2.24, 2.45) is 10.2 Å². The summed E-state index contributed by atoms with van der Waals surface area (Å²) in [4.78, 5) is 28.8. The highest BCUT2D eigenvalue weighted by Crippen LogP contribution is 2.19. The number of hydrogen-bond donors (Lipinski definition) is 2. The lowest BCUT2D eigenvalue weighted by Gasteiger charge is -2.06. The van der Waals surface area contributed by atoms with Gasteiger partial charge in [-0.2, -0.15) is 0 Å². The average molecular weight is 396 g/mol. The van der Waals surface area contributed by atoms with Crippen LogP contribution in [0.1, 0.15) is 20.7 Å². The van der Waals surface area contributed by atoms with E-state index in [1.807, 2.05) is 0 Å². The van der Waals surface area contributed by atoms with E-state index in [-0.39, 0.29) is 11.3 Å². The fourth-order valence-corrected chi connectivity index (χ4v) is 2.27. The molecule has 0 atom stereocenters. The first-order valence-corrected chi connectivity index (χ1v) is 8.47. The van der Waals surface area contributed by atoms with Gasteiger partial charge in [0.25, 0.3) is 5.91 Å². The van der Waals surface area contributed by atoms with Gasteiger partial charge in [-0.1, -0.05) is 17.7 Å². The standard InChI is InChI=1S/C20H14ClN3O4/c21-15-6-4-13(5-7-15)20(27)28-24-17-10-8-16(9-11-17)22-23-19(26)14-2-1-3-18(25)12-14/h1-12,24-25H. The molecule has 0 saturated heterocycles. The Morgan fingerprint density at radius 3 is 2.32 bits per heavy atom. The average Bonchev–Trinajstić information content (AvgIpc) is 2.71. The Bertz CT molecular complexity index is 1020. The van der Waals surface area contributed by atoms with E-state index in [2.05, 4.69) is 15.7 Å². The number of anilines is 1. The van der Waals surface area contributed by atoms with Gasteiger partial charge in [-0.15, -0.1) is 10.2 Å². The highest BCUT2D eigenvalue weighted by Gasteiger charge is 2.07. The van der Waals surface area contributed by atoms with Crippen molar-refractivity contribution in [3.8, 4) is 5.75 Å². The first-order chi connectivity index (χ1) is 13.5. The maximum atomic E-state index is 11.9. The smallest absolute Gasteiger partial charge is 0.362 e. The van der Waals surface area contributed by atoms with Crippen LogP contribution < -0.4 is 5.48 Å². The number of carbonyl (C=O) groups is 2. The molecule has 0 aliphatic heterocycles. The zero-order valence-corrected chi connectivity index (χ0v) is 15.1. The number of phenolic OH excluding ortho intramolecular Hbond substituents is 1. The predicted octanol–water partition coefficient (Wildman–Crippen LogP) is 5.15. The first-order valence-electron chi connectivity index (χ1n) is 8.09. The largest absolute Gasteiger partial charge is 0.508 e. The molecule has 8 heteroatoms. The molecule has 1 amide bonds. The molecule has 28 heavy (non-hydrogen) atoms. The zero-order chi connectivity index (χ0) is 19.9. The number of hydrogen-bond acceptors (Lipinski definition) is 6. The summed E-state index contributed by atoms with van der Waals surface area (Å²) in [5.74, 6) is -1.16. The van der Waals surface area contributed by atoms with Crippen molar-refractivity contribution in [3.63, 3.8) is 0 Å². The molecule has 0 heterocycles. The van der Waals surface area contributed by atoms with Gasteiger partial charge in [-0.05, 0) is 66.7 Å². The molecule has 0 bridgehead atoms. The molecule has 3 rings (SSSR count). The van der Waals surface area contributed by atoms with Crippen LogP contribution in [0.2, 0.25) is 5.02 Å². The van der Waals surface area contributed by atoms with E-state index in [4.69, 9.17) is 16.4 Å². The lowest BCUT2D eigenvalue weighted by Crippen LogP contribution is -2.10. The highest BCUT2D eigenvalue weighted by molar-refractivity contribution is 6.30. The summed E-state index contributed by atoms with van der Waals surface area (Å²) in [5.41, 5.74) is 4.07. The van der Waals surface area contributed by atoms with Crippen LogP contribution in [0.3, 0.4) is 0 Å². The Balaban J connectivity index is 1.56. The summed E-state index contributed by atoms with van der Waals surface area (Å²) >= 11 is 5.77. The number of nitrogens with one attached hydrogen (secondary N) is 1. The third-order valence-electron chi connectivity index (χ3n) is 3.56. The lowest BCUT2D eigenvalue weighted by molar-refractivity contribution is 0.0596. The second-order valence-corrected chi connectivity index (χ2v) is 6.04. The minimum Gasteiger partial charge on any atom is -0.508 e. The van der Waals surface area contributed by atoms with E-state index >= 15 is 0 Å². The van der Waals surface area contributed by atoms with Gasteiger partial charge in [-0.25, -0.2) is 10.3 Å². The van der Waals surface area contributed by atoms with Crippen LogP contribution in [0.15, 0.2) is 83.0 Å². The Hall–Kier alpha value is -3.71. The van der Waals surface area contributed by atoms with Gasteiger partial charge < -0.3 is 9.94 Å². The summed E-state index contributed by atoms with van der Waals surface area (Å²) in [5, 5.41) is 17.4. The van der Waals surface area contributed by atoms with Crippen LogP contribution in [-0.4, -0.2) is 17.0 Å². The summed E-state index contributed by atoms with van der Waals surface area (Å²) in [6.45, 7) is 0. The van der Waals surface area contributed by atoms with Crippen LogP contribution in [0, 0.1) is 0 Å². The second-order valence-electron chi connectivity index (χ2n) is 5.60. The minimum absolute atomic E-state index is 0.0235. The maximum Gasteiger partial charge on any atom is 0.362 e. The van der Waals surface area contributed by atoms with Crippen LogP contribution in [0.5, 0.6) is 5.75 Å². The fourth-order valence-electron chi connectivity index (χ4n) is 2.15. The molecule has 0 aliphatic carbocycles. The van der Waals surface area contributed by atoms with Crippen molar-refractivity contribution in [2.75, 3.05) is 5.48 Å². The molecule has 140 valence electrons. The predicted molar refractivity (Wildman–Crippen MR) is 104 cm³/mol. The van der Waals surface area contributed by atoms with Crippen molar-refractivity contribution >= 4 is 34.9 Å². The van der Waals surface area contributed by atoms with E-state index in [0.29, 0.717) is 22.0 Å². The van der Waals surface area contributed by atoms with Crippen molar-refractivity contribution in [1.29, 1.82) is 0 Å². The van der Waals surface area contributed by atoms with E-state index in [1.165, 1.54) is 18.2 Å². The van der Waals surface area contributed by atoms with Gasteiger partial charge in [0.05, 0.1) is 16.9 Å². The van der Waals surface area contributed by atoms with E-state index in [0.717, 1.165) is 0 Å². The first kappa shape index (κ1) is 19.1. The molecule has 3 aromatic rings. The zero-order valence-electron chi connectivity index (χ0n) is 14.4. The number of amides is 1. The number of azo groups is 1. The summed E-state index contributed by atoms with van der Waals surface area (Å²) in [6, 6.07) is 18.6. The molecular weight excluding hydrogens is 382 g/mol. The van der Waals surface area contributed by atoms with Crippen molar-refractivity contribution < 1.29 is 19.5 Å². The van der Waals surface area contributed by atoms with Crippen LogP contribution in [-0.2, 0) is 4.84 Å². The molecule has 2 N–H and O–H groups in total. The second kappa shape index (κ2) is 8.79. The molecule has 0 fully saturated rings. The fraction of sp³-hybridized carbons (Fsp3) is 0. The molecule has 0 aromatic heterocycles. The van der Waals surface area contributed by atoms with Gasteiger partial charge in [0.15, 0.2) is 0 Å². The summed E-state index contributed by atoms with van der Waals surface area (Å²) < 4.78 is 0. The van der Waals surface area contributed by atoms with Crippen LogP contribution in [0.4, 0.5) is 11.4 Å². The van der Waals surface area contributed by atoms with E-state index in [9.17, 15) is 14.7 Å². The lowest BCUT2D eigenvalue weighted by atomic mass is 10.2. The molecule has 7 nitrogen and oxygen atoms in total. The van der Waals surface area contributed by atoms with Gasteiger partial charge in [0.1, 0.15) is 5.75 Å². The Morgan fingerprint density at radius 2 is 1.64 bits per heavy atom. The molecular formula is C20H14ClN3O4. The monoisotopic (exact) mass is 395 g/mol. The quantitative estimate of drug-likeness (QED) is 0.459. The Kier molecular flexibility index (Phi) is 5.98. The number of phenols is 1. The van der Waals surface area contributed by atoms with Crippen LogP contribution >= 0.6 is 11.6 Å². The molecule has 3 aromatic carbocycles. The molecule has 0 aliphatic rings. The minimum atomic E-state index is -0.574. The van der Waals surface area contributed by atoms with Crippen molar-refractivity contribution in [2.45, 2.75) is 0 Å². The topological polar surface area (TPSA) is 100 Å². The van der Waals surface area contributed by atoms with E-state index < -0.39 is 11.9 Å². The molecule has 0 unspecified atom stereocenters. The molecule has 0 saturated carbocycles. The van der Waals surface area contributed by atoms with Crippen molar-refractivity contribution in [3.05, 3.63) is 88.9 Å². The number of nitrogens with zero attached hydrogens (tertiary/aromatic N) is 2. The number of halogens is 1. The normalized spacial score (nSPS) is 10.6. The Morgan fingerprint density at radius 1 is 0.929 bits per heavy atom. The maximum absolute atomic E-state index is 11.9. The van der Waals surface area contributed by atoms with E-state index in [1.54, 1.807) is 54.6 Å². The Labute approximate surface area is 165 Å². The molecule has 0 spiro atoms. The summed E-state index contributed by atoms with van der Waals surface area (Å²) in [7, 11) is 0. The van der Waals surface area contributed by atoms with Gasteiger partial charge in [0, 0.05) is 10.6 Å². The third kappa shape index (κ3) is 5.15. The van der Waals surface area contributed by atoms with Crippen LogP contribution in [0.25, 0.3) is 0 Å². The number of benzene rings is 3. The highest BCUT2D eigenvalue weighted by atomic mass is 35.5. The number of rotatable bonds is 5. The van der Waals surface area contributed by atoms with Gasteiger partial charge in [-0.3, -0.25) is 4.79 Å². The number of carbonyl (C=O) groups excluding carboxylic acids is 2. The third-order valence-corrected chi connectivity index (χ3v) is 3.81. The number of aromatic hydroxyl groups is 1.